The van der Waals surface area contributed by atoms with E-state index < -0.39 is 48.2 Å². The number of aromatic nitrogens is 2. The molecule has 3 amide bonds. The largest absolute Gasteiger partial charge is 0.496 e. The lowest BCUT2D eigenvalue weighted by molar-refractivity contribution is -0.133. The van der Waals surface area contributed by atoms with Crippen LogP contribution in [0.3, 0.4) is 0 Å². The van der Waals surface area contributed by atoms with Crippen LogP contribution in [0.2, 0.25) is 0 Å². The maximum atomic E-state index is 13.9. The fourth-order valence-corrected chi connectivity index (χ4v) is 6.02. The summed E-state index contributed by atoms with van der Waals surface area (Å²) in [5.41, 5.74) is 2.74. The van der Waals surface area contributed by atoms with Gasteiger partial charge in [0.1, 0.15) is 17.5 Å². The molecule has 0 unspecified atom stereocenters. The molecule has 3 aromatic rings. The van der Waals surface area contributed by atoms with Gasteiger partial charge in [-0.1, -0.05) is 26.8 Å². The van der Waals surface area contributed by atoms with E-state index in [9.17, 15) is 24.0 Å². The highest BCUT2D eigenvalue weighted by molar-refractivity contribution is 6.02. The topological polar surface area (TPSA) is 169 Å². The van der Waals surface area contributed by atoms with Crippen molar-refractivity contribution < 1.29 is 33.4 Å². The molecule has 0 bridgehead atoms. The van der Waals surface area contributed by atoms with Crippen molar-refractivity contribution in [2.75, 3.05) is 20.3 Å². The number of H-pyrrole nitrogens is 1. The smallest absolute Gasteiger partial charge is 0.340 e. The first-order valence-corrected chi connectivity index (χ1v) is 15.9. The van der Waals surface area contributed by atoms with Gasteiger partial charge >= 0.3 is 5.97 Å². The van der Waals surface area contributed by atoms with E-state index in [1.165, 1.54) is 0 Å². The Labute approximate surface area is 274 Å². The second kappa shape index (κ2) is 14.8. The van der Waals surface area contributed by atoms with Crippen LogP contribution in [0.1, 0.15) is 84.3 Å². The number of carbonyl (C=O) groups excluding carboxylic acids is 5. The van der Waals surface area contributed by atoms with Crippen LogP contribution < -0.4 is 20.7 Å². The van der Waals surface area contributed by atoms with E-state index in [0.29, 0.717) is 35.5 Å². The first-order chi connectivity index (χ1) is 22.2. The van der Waals surface area contributed by atoms with E-state index in [0.717, 1.165) is 17.5 Å². The predicted molar refractivity (Wildman–Crippen MR) is 176 cm³/mol. The molecule has 0 radical (unpaired) electrons. The normalized spacial score (nSPS) is 16.1. The number of amides is 3. The minimum absolute atomic E-state index is 0.0239. The van der Waals surface area contributed by atoms with Gasteiger partial charge in [-0.2, -0.15) is 0 Å². The molecule has 0 spiro atoms. The quantitative estimate of drug-likeness (QED) is 0.215. The summed E-state index contributed by atoms with van der Waals surface area (Å²) < 4.78 is 10.8. The van der Waals surface area contributed by atoms with Crippen molar-refractivity contribution in [3.05, 3.63) is 58.5 Å². The maximum absolute atomic E-state index is 13.9. The van der Waals surface area contributed by atoms with E-state index in [2.05, 4.69) is 25.9 Å². The number of carbonyl (C=O) groups is 5. The van der Waals surface area contributed by atoms with Crippen molar-refractivity contribution in [2.45, 2.75) is 79.3 Å². The third-order valence-corrected chi connectivity index (χ3v) is 8.23. The maximum Gasteiger partial charge on any atom is 0.340 e. The van der Waals surface area contributed by atoms with E-state index in [4.69, 9.17) is 9.47 Å². The molecule has 2 aromatic heterocycles. The van der Waals surface area contributed by atoms with Gasteiger partial charge in [-0.05, 0) is 81.7 Å². The van der Waals surface area contributed by atoms with Crippen molar-refractivity contribution in [2.24, 2.45) is 11.3 Å². The van der Waals surface area contributed by atoms with E-state index in [1.807, 2.05) is 33.8 Å². The summed E-state index contributed by atoms with van der Waals surface area (Å²) in [6.45, 7) is 11.0. The van der Waals surface area contributed by atoms with Gasteiger partial charge in [0.25, 0.3) is 5.91 Å². The lowest BCUT2D eigenvalue weighted by atomic mass is 9.87. The van der Waals surface area contributed by atoms with Crippen molar-refractivity contribution in [3.8, 4) is 5.75 Å². The second-order valence-electron chi connectivity index (χ2n) is 13.4. The highest BCUT2D eigenvalue weighted by Gasteiger charge is 2.34. The number of benzene rings is 1. The molecule has 12 heteroatoms. The Balaban J connectivity index is 1.54. The molecular formula is C35H45N5O7. The molecule has 1 saturated heterocycles. The summed E-state index contributed by atoms with van der Waals surface area (Å²) in [6, 6.07) is 6.66. The molecule has 4 rings (SSSR count). The highest BCUT2D eigenvalue weighted by atomic mass is 16.5. The number of fused-ring (bicyclic) bond motifs is 1. The minimum atomic E-state index is -1.14. The fraction of sp³-hybridized carbons (Fsp3) is 0.486. The van der Waals surface area contributed by atoms with Crippen LogP contribution in [0, 0.1) is 32.1 Å². The molecule has 0 saturated carbocycles. The molecule has 3 atom stereocenters. The SMILES string of the molecule is COc1cccc2[nH]c(C(=O)N[C@@H](CC(C)(C)C)C(=O)N[C@@H](C[C@@H]3CCCNC3=O)C(=O)COC(=O)c3c(C)cc(C)nc3C)cc12. The van der Waals surface area contributed by atoms with Gasteiger partial charge in [-0.3, -0.25) is 24.2 Å². The first-order valence-electron chi connectivity index (χ1n) is 15.9. The molecule has 0 aliphatic carbocycles. The molecule has 1 fully saturated rings. The minimum Gasteiger partial charge on any atom is -0.496 e. The summed E-state index contributed by atoms with van der Waals surface area (Å²) in [7, 11) is 1.54. The predicted octanol–water partition coefficient (Wildman–Crippen LogP) is 3.86. The molecule has 1 aliphatic rings. The van der Waals surface area contributed by atoms with Gasteiger partial charge in [-0.15, -0.1) is 0 Å². The molecule has 252 valence electrons. The number of aryl methyl sites for hydroxylation is 3. The Morgan fingerprint density at radius 3 is 2.47 bits per heavy atom. The lowest BCUT2D eigenvalue weighted by Crippen LogP contribution is -2.54. The molecular weight excluding hydrogens is 602 g/mol. The van der Waals surface area contributed by atoms with Crippen LogP contribution in [0.25, 0.3) is 10.9 Å². The third kappa shape index (κ3) is 8.96. The third-order valence-electron chi connectivity index (χ3n) is 8.23. The molecule has 3 heterocycles. The van der Waals surface area contributed by atoms with Crippen molar-refractivity contribution in [3.63, 3.8) is 0 Å². The summed E-state index contributed by atoms with van der Waals surface area (Å²) >= 11 is 0. The zero-order valence-corrected chi connectivity index (χ0v) is 28.2. The Morgan fingerprint density at radius 1 is 1.06 bits per heavy atom. The van der Waals surface area contributed by atoms with E-state index in [-0.39, 0.29) is 35.4 Å². The summed E-state index contributed by atoms with van der Waals surface area (Å²) in [5.74, 6) is -2.48. The lowest BCUT2D eigenvalue weighted by Gasteiger charge is -2.29. The number of aromatic amines is 1. The zero-order valence-electron chi connectivity index (χ0n) is 28.2. The number of rotatable bonds is 12. The summed E-state index contributed by atoms with van der Waals surface area (Å²) in [4.78, 5) is 73.9. The molecule has 47 heavy (non-hydrogen) atoms. The standard InChI is InChI=1S/C35H45N5O7/c1-19-14-20(2)37-21(3)30(19)34(45)47-18-28(41)25(15-22-10-9-13-36-31(22)42)39-33(44)27(17-35(4,5)6)40-32(43)26-16-23-24(38-26)11-8-12-29(23)46-7/h8,11-12,14,16,22,25,27,38H,9-10,13,15,17-18H2,1-7H3,(H,36,42)(H,39,44)(H,40,43)/t22-,25-,27-/m0/s1. The Hall–Kier alpha value is -4.74. The van der Waals surface area contributed by atoms with Crippen LogP contribution >= 0.6 is 0 Å². The monoisotopic (exact) mass is 647 g/mol. The van der Waals surface area contributed by atoms with Gasteiger partial charge < -0.3 is 30.4 Å². The van der Waals surface area contributed by atoms with Crippen LogP contribution in [0.4, 0.5) is 0 Å². The number of piperidine rings is 1. The highest BCUT2D eigenvalue weighted by Crippen LogP contribution is 2.27. The van der Waals surface area contributed by atoms with Gasteiger partial charge in [-0.25, -0.2) is 4.79 Å². The number of Topliss-reactive ketones (excluding diaryl/α,β-unsaturated/α-hetero) is 1. The average Bonchev–Trinajstić information content (AvgIpc) is 3.44. The number of nitrogens with one attached hydrogen (secondary N) is 4. The Kier molecular flexibility index (Phi) is 11.0. The average molecular weight is 648 g/mol. The number of hydrogen-bond donors (Lipinski definition) is 4. The zero-order chi connectivity index (χ0) is 34.5. The van der Waals surface area contributed by atoms with Gasteiger partial charge in [0.2, 0.25) is 11.8 Å². The molecule has 1 aliphatic heterocycles. The van der Waals surface area contributed by atoms with Crippen LogP contribution in [0.15, 0.2) is 30.3 Å². The Morgan fingerprint density at radius 2 is 1.81 bits per heavy atom. The number of ketones is 1. The molecule has 4 N–H and O–H groups in total. The van der Waals surface area contributed by atoms with Gasteiger partial charge in [0.05, 0.1) is 24.4 Å². The van der Waals surface area contributed by atoms with E-state index in [1.54, 1.807) is 45.2 Å². The van der Waals surface area contributed by atoms with E-state index >= 15 is 0 Å². The summed E-state index contributed by atoms with van der Waals surface area (Å²) in [5, 5.41) is 9.14. The number of nitrogens with zero attached hydrogens (tertiary/aromatic N) is 1. The second-order valence-corrected chi connectivity index (χ2v) is 13.4. The molecule has 1 aromatic carbocycles. The van der Waals surface area contributed by atoms with Crippen LogP contribution in [-0.4, -0.2) is 71.8 Å². The number of esters is 1. The Bertz CT molecular complexity index is 1650. The number of hydrogen-bond acceptors (Lipinski definition) is 8. The van der Waals surface area contributed by atoms with Crippen LogP contribution in [-0.2, 0) is 19.1 Å². The van der Waals surface area contributed by atoms with Gasteiger partial charge in [0, 0.05) is 29.1 Å². The number of methoxy groups -OCH3 is 1. The van der Waals surface area contributed by atoms with Crippen molar-refractivity contribution in [1.82, 2.24) is 25.9 Å². The van der Waals surface area contributed by atoms with Crippen molar-refractivity contribution >= 4 is 40.4 Å². The first kappa shape index (κ1) is 35.1. The molecule has 12 nitrogen and oxygen atoms in total. The summed E-state index contributed by atoms with van der Waals surface area (Å²) in [6.07, 6.45) is 1.56. The fourth-order valence-electron chi connectivity index (χ4n) is 6.02. The van der Waals surface area contributed by atoms with Gasteiger partial charge in [0.15, 0.2) is 12.4 Å². The number of ether oxygens (including phenoxy) is 2. The number of pyridine rings is 1. The van der Waals surface area contributed by atoms with Crippen molar-refractivity contribution in [1.29, 1.82) is 0 Å². The van der Waals surface area contributed by atoms with Crippen LogP contribution in [0.5, 0.6) is 5.75 Å².